The molecule has 1 fully saturated rings. The average molecular weight is 282 g/mol. The van der Waals surface area contributed by atoms with E-state index in [9.17, 15) is 25.4 Å². The van der Waals surface area contributed by atoms with Gasteiger partial charge in [-0.2, -0.15) is 15.8 Å². The fourth-order valence-electron chi connectivity index (χ4n) is 2.65. The summed E-state index contributed by atoms with van der Waals surface area (Å²) in [6.45, 7) is 3.40. The van der Waals surface area contributed by atoms with Gasteiger partial charge in [0.15, 0.2) is 11.2 Å². The largest absolute Gasteiger partial charge is 0.307 e. The Labute approximate surface area is 122 Å². The van der Waals surface area contributed by atoms with Gasteiger partial charge in [-0.25, -0.2) is 0 Å². The molecular formula is C15H14N4O2. The highest BCUT2D eigenvalue weighted by molar-refractivity contribution is 6.08. The zero-order valence-electron chi connectivity index (χ0n) is 11.8. The summed E-state index contributed by atoms with van der Waals surface area (Å²) in [5.74, 6) is -1.42. The summed E-state index contributed by atoms with van der Waals surface area (Å²) in [5, 5.41) is 36.2. The van der Waals surface area contributed by atoms with Gasteiger partial charge in [-0.05, 0) is 26.3 Å². The summed E-state index contributed by atoms with van der Waals surface area (Å²) in [6.07, 6.45) is 1.09. The minimum Gasteiger partial charge on any atom is -0.307 e. The SMILES string of the molecule is CC(C)=CC(=O)C[C@@]1(C#N)C(=N)C(C=O)CC1(C#N)C#N. The maximum atomic E-state index is 12.0. The van der Waals surface area contributed by atoms with Crippen LogP contribution in [0.25, 0.3) is 0 Å². The van der Waals surface area contributed by atoms with E-state index in [2.05, 4.69) is 0 Å². The number of ketones is 1. The first-order valence-electron chi connectivity index (χ1n) is 6.28. The molecule has 0 aliphatic heterocycles. The van der Waals surface area contributed by atoms with Gasteiger partial charge in [0, 0.05) is 12.1 Å². The molecule has 6 heteroatoms. The van der Waals surface area contributed by atoms with Crippen molar-refractivity contribution in [3.8, 4) is 18.2 Å². The van der Waals surface area contributed by atoms with Crippen molar-refractivity contribution in [3.05, 3.63) is 11.6 Å². The molecule has 0 spiro atoms. The highest BCUT2D eigenvalue weighted by atomic mass is 16.1. The first kappa shape index (κ1) is 16.3. The van der Waals surface area contributed by atoms with E-state index in [0.717, 1.165) is 0 Å². The lowest BCUT2D eigenvalue weighted by atomic mass is 9.64. The van der Waals surface area contributed by atoms with Crippen LogP contribution in [0.2, 0.25) is 0 Å². The Morgan fingerprint density at radius 1 is 1.33 bits per heavy atom. The van der Waals surface area contributed by atoms with E-state index >= 15 is 0 Å². The highest BCUT2D eigenvalue weighted by Crippen LogP contribution is 2.54. The van der Waals surface area contributed by atoms with Crippen LogP contribution in [0, 0.1) is 56.2 Å². The molecular weight excluding hydrogens is 268 g/mol. The van der Waals surface area contributed by atoms with Gasteiger partial charge in [0.05, 0.1) is 24.1 Å². The zero-order chi connectivity index (χ0) is 16.3. The van der Waals surface area contributed by atoms with Gasteiger partial charge in [0.2, 0.25) is 0 Å². The number of nitrogens with zero attached hydrogens (tertiary/aromatic N) is 3. The Hall–Kier alpha value is -2.78. The van der Waals surface area contributed by atoms with Crippen molar-refractivity contribution < 1.29 is 9.59 Å². The van der Waals surface area contributed by atoms with Gasteiger partial charge in [0.25, 0.3) is 0 Å². The topological polar surface area (TPSA) is 129 Å². The Balaban J connectivity index is 3.45. The molecule has 0 radical (unpaired) electrons. The summed E-state index contributed by atoms with van der Waals surface area (Å²) in [4.78, 5) is 23.0. The lowest BCUT2D eigenvalue weighted by Crippen LogP contribution is -2.41. The Bertz CT molecular complexity index is 639. The summed E-state index contributed by atoms with van der Waals surface area (Å²) in [6, 6.07) is 5.34. The van der Waals surface area contributed by atoms with E-state index in [-0.39, 0.29) is 12.1 Å². The smallest absolute Gasteiger partial charge is 0.169 e. The van der Waals surface area contributed by atoms with E-state index in [0.29, 0.717) is 11.9 Å². The molecule has 0 aromatic carbocycles. The predicted octanol–water partition coefficient (Wildman–Crippen LogP) is 1.69. The van der Waals surface area contributed by atoms with Crippen LogP contribution in [0.15, 0.2) is 11.6 Å². The van der Waals surface area contributed by atoms with E-state index in [1.807, 2.05) is 6.07 Å². The van der Waals surface area contributed by atoms with Gasteiger partial charge < -0.3 is 10.2 Å². The van der Waals surface area contributed by atoms with E-state index in [4.69, 9.17) is 5.41 Å². The van der Waals surface area contributed by atoms with Gasteiger partial charge in [-0.15, -0.1) is 0 Å². The van der Waals surface area contributed by atoms with Crippen LogP contribution in [0.4, 0.5) is 0 Å². The van der Waals surface area contributed by atoms with Crippen LogP contribution >= 0.6 is 0 Å². The Morgan fingerprint density at radius 3 is 2.29 bits per heavy atom. The lowest BCUT2D eigenvalue weighted by Gasteiger charge is -2.29. The number of nitrogens with one attached hydrogen (secondary N) is 1. The molecule has 0 aromatic heterocycles. The second-order valence-corrected chi connectivity index (χ2v) is 5.37. The van der Waals surface area contributed by atoms with Crippen molar-refractivity contribution in [2.45, 2.75) is 26.7 Å². The monoisotopic (exact) mass is 282 g/mol. The van der Waals surface area contributed by atoms with Crippen molar-refractivity contribution in [2.75, 3.05) is 0 Å². The molecule has 0 saturated heterocycles. The normalized spacial score (nSPS) is 26.0. The summed E-state index contributed by atoms with van der Waals surface area (Å²) < 4.78 is 0. The Morgan fingerprint density at radius 2 is 1.90 bits per heavy atom. The summed E-state index contributed by atoms with van der Waals surface area (Å²) in [7, 11) is 0. The van der Waals surface area contributed by atoms with Crippen LogP contribution in [-0.4, -0.2) is 17.8 Å². The lowest BCUT2D eigenvalue weighted by molar-refractivity contribution is -0.116. The number of carbonyl (C=O) groups is 2. The molecule has 1 N–H and O–H groups in total. The molecule has 106 valence electrons. The summed E-state index contributed by atoms with van der Waals surface area (Å²) in [5.41, 5.74) is -3.33. The van der Waals surface area contributed by atoms with Crippen LogP contribution < -0.4 is 0 Å². The molecule has 1 rings (SSSR count). The van der Waals surface area contributed by atoms with Crippen molar-refractivity contribution in [3.63, 3.8) is 0 Å². The number of rotatable bonds is 4. The molecule has 0 amide bonds. The third kappa shape index (κ3) is 2.35. The van der Waals surface area contributed by atoms with Crippen LogP contribution in [0.3, 0.4) is 0 Å². The van der Waals surface area contributed by atoms with Crippen molar-refractivity contribution in [1.29, 1.82) is 21.2 Å². The van der Waals surface area contributed by atoms with E-state index < -0.39 is 29.0 Å². The van der Waals surface area contributed by atoms with Crippen LogP contribution in [-0.2, 0) is 9.59 Å². The first-order chi connectivity index (χ1) is 9.82. The summed E-state index contributed by atoms with van der Waals surface area (Å²) >= 11 is 0. The minimum atomic E-state index is -1.87. The third-order valence-corrected chi connectivity index (χ3v) is 3.71. The average Bonchev–Trinajstić information content (AvgIpc) is 2.68. The maximum absolute atomic E-state index is 12.0. The molecule has 2 atom stereocenters. The predicted molar refractivity (Wildman–Crippen MR) is 72.7 cm³/mol. The molecule has 1 saturated carbocycles. The van der Waals surface area contributed by atoms with Crippen LogP contribution in [0.1, 0.15) is 26.7 Å². The fourth-order valence-corrected chi connectivity index (χ4v) is 2.65. The number of allylic oxidation sites excluding steroid dienone is 2. The number of hydrogen-bond acceptors (Lipinski definition) is 6. The van der Waals surface area contributed by atoms with Gasteiger partial charge in [0.1, 0.15) is 11.7 Å². The quantitative estimate of drug-likeness (QED) is 0.619. The highest BCUT2D eigenvalue weighted by Gasteiger charge is 2.64. The van der Waals surface area contributed by atoms with E-state index in [1.165, 1.54) is 6.08 Å². The number of nitriles is 3. The molecule has 0 aromatic rings. The molecule has 1 aliphatic carbocycles. The molecule has 21 heavy (non-hydrogen) atoms. The molecule has 0 bridgehead atoms. The molecule has 1 aliphatic rings. The number of hydrogen-bond donors (Lipinski definition) is 1. The second-order valence-electron chi connectivity index (χ2n) is 5.37. The maximum Gasteiger partial charge on any atom is 0.169 e. The first-order valence-corrected chi connectivity index (χ1v) is 6.28. The zero-order valence-corrected chi connectivity index (χ0v) is 11.8. The van der Waals surface area contributed by atoms with Crippen LogP contribution in [0.5, 0.6) is 0 Å². The minimum absolute atomic E-state index is 0.224. The molecule has 1 unspecified atom stereocenters. The standard InChI is InChI=1S/C15H14N4O2/c1-10(2)3-12(21)5-15(9-18)13(19)11(6-20)4-14(15,7-16)8-17/h3,6,11,19H,4-5H2,1-2H3/t11?,15-/m1/s1. The van der Waals surface area contributed by atoms with Crippen molar-refractivity contribution in [2.24, 2.45) is 16.7 Å². The second kappa shape index (κ2) is 5.69. The van der Waals surface area contributed by atoms with Crippen molar-refractivity contribution in [1.82, 2.24) is 0 Å². The molecule has 0 heterocycles. The van der Waals surface area contributed by atoms with Gasteiger partial charge in [-0.1, -0.05) is 5.57 Å². The van der Waals surface area contributed by atoms with Crippen molar-refractivity contribution >= 4 is 17.8 Å². The Kier molecular flexibility index (Phi) is 4.41. The van der Waals surface area contributed by atoms with Gasteiger partial charge >= 0.3 is 0 Å². The van der Waals surface area contributed by atoms with E-state index in [1.54, 1.807) is 26.0 Å². The number of carbonyl (C=O) groups excluding carboxylic acids is 2. The molecule has 6 nitrogen and oxygen atoms in total. The third-order valence-electron chi connectivity index (χ3n) is 3.71. The number of aldehydes is 1. The van der Waals surface area contributed by atoms with Gasteiger partial charge in [-0.3, -0.25) is 4.79 Å². The fraction of sp³-hybridized carbons (Fsp3) is 0.467.